The number of fused-ring (bicyclic) bond motifs is 2. The summed E-state index contributed by atoms with van der Waals surface area (Å²) < 4.78 is 8.13. The Morgan fingerprint density at radius 2 is 2.03 bits per heavy atom. The minimum Gasteiger partial charge on any atom is -0.457 e. The number of rotatable bonds is 6. The predicted molar refractivity (Wildman–Crippen MR) is 141 cm³/mol. The first kappa shape index (κ1) is 22.7. The molecule has 2 aromatic carbocycles. The number of aromatic nitrogens is 6. The van der Waals surface area contributed by atoms with E-state index in [9.17, 15) is 0 Å². The maximum absolute atomic E-state index is 9.02. The van der Waals surface area contributed by atoms with Gasteiger partial charge in [0.2, 0.25) is 5.95 Å². The number of ether oxygens (including phenoxy) is 1. The fourth-order valence-corrected chi connectivity index (χ4v) is 4.68. The van der Waals surface area contributed by atoms with Crippen LogP contribution in [0.3, 0.4) is 0 Å². The third-order valence-corrected chi connectivity index (χ3v) is 6.68. The van der Waals surface area contributed by atoms with Gasteiger partial charge in [0.1, 0.15) is 28.9 Å². The number of anilines is 3. The minimum absolute atomic E-state index is 0.350. The Morgan fingerprint density at radius 3 is 2.89 bits per heavy atom. The van der Waals surface area contributed by atoms with Crippen LogP contribution in [-0.2, 0) is 7.05 Å². The highest BCUT2D eigenvalue weighted by Crippen LogP contribution is 2.31. The van der Waals surface area contributed by atoms with Crippen molar-refractivity contribution in [2.45, 2.75) is 19.8 Å². The molecular weight excluding hydrogens is 466 g/mol. The van der Waals surface area contributed by atoms with Crippen molar-refractivity contribution in [3.8, 4) is 17.6 Å². The van der Waals surface area contributed by atoms with E-state index in [-0.39, 0.29) is 0 Å². The molecule has 1 aliphatic heterocycles. The lowest BCUT2D eigenvalue weighted by Crippen LogP contribution is -2.22. The molecule has 3 aromatic heterocycles. The van der Waals surface area contributed by atoms with E-state index in [1.807, 2.05) is 54.9 Å². The minimum atomic E-state index is 0.350. The van der Waals surface area contributed by atoms with Crippen molar-refractivity contribution in [1.82, 2.24) is 29.5 Å². The van der Waals surface area contributed by atoms with E-state index in [0.717, 1.165) is 53.3 Å². The van der Waals surface area contributed by atoms with Gasteiger partial charge < -0.3 is 19.5 Å². The Kier molecular flexibility index (Phi) is 5.73. The molecule has 10 heteroatoms. The topological polar surface area (TPSA) is 118 Å². The normalized spacial score (nSPS) is 15.3. The Balaban J connectivity index is 1.23. The summed E-state index contributed by atoms with van der Waals surface area (Å²) in [5.41, 5.74) is 5.09. The molecule has 0 saturated carbocycles. The second-order valence-electron chi connectivity index (χ2n) is 9.30. The summed E-state index contributed by atoms with van der Waals surface area (Å²) in [6, 6.07) is 14.1. The van der Waals surface area contributed by atoms with Crippen molar-refractivity contribution in [1.29, 1.82) is 5.26 Å². The van der Waals surface area contributed by atoms with E-state index < -0.39 is 0 Å². The number of nitriles is 1. The molecule has 0 aliphatic carbocycles. The van der Waals surface area contributed by atoms with Gasteiger partial charge in [-0.25, -0.2) is 24.9 Å². The molecular formula is C27H25N9O. The quantitative estimate of drug-likeness (QED) is 0.354. The van der Waals surface area contributed by atoms with Gasteiger partial charge in [-0.3, -0.25) is 0 Å². The lowest BCUT2D eigenvalue weighted by atomic mass is 10.1. The number of aryl methyl sites for hydroxylation is 2. The van der Waals surface area contributed by atoms with Gasteiger partial charge in [0.25, 0.3) is 0 Å². The van der Waals surface area contributed by atoms with Crippen LogP contribution in [0.1, 0.15) is 18.4 Å². The lowest BCUT2D eigenvalue weighted by molar-refractivity contribution is 0.479. The highest BCUT2D eigenvalue weighted by atomic mass is 16.5. The Hall–Kier alpha value is -4.78. The maximum atomic E-state index is 9.02. The fourth-order valence-electron chi connectivity index (χ4n) is 4.68. The van der Waals surface area contributed by atoms with Crippen LogP contribution >= 0.6 is 0 Å². The highest BCUT2D eigenvalue weighted by Gasteiger charge is 2.24. The summed E-state index contributed by atoms with van der Waals surface area (Å²) in [5.74, 6) is 3.09. The van der Waals surface area contributed by atoms with Gasteiger partial charge in [0, 0.05) is 38.3 Å². The zero-order valence-corrected chi connectivity index (χ0v) is 20.6. The summed E-state index contributed by atoms with van der Waals surface area (Å²) >= 11 is 0. The molecule has 0 bridgehead atoms. The second-order valence-corrected chi connectivity index (χ2v) is 9.30. The van der Waals surface area contributed by atoms with Crippen LogP contribution < -0.4 is 15.0 Å². The molecule has 10 nitrogen and oxygen atoms in total. The van der Waals surface area contributed by atoms with Gasteiger partial charge in [-0.15, -0.1) is 0 Å². The predicted octanol–water partition coefficient (Wildman–Crippen LogP) is 4.89. The summed E-state index contributed by atoms with van der Waals surface area (Å²) in [4.78, 5) is 24.6. The summed E-state index contributed by atoms with van der Waals surface area (Å²) in [7, 11) is 1.97. The van der Waals surface area contributed by atoms with E-state index in [2.05, 4.69) is 36.2 Å². The van der Waals surface area contributed by atoms with Crippen LogP contribution in [0.5, 0.6) is 11.5 Å². The average molecular weight is 492 g/mol. The highest BCUT2D eigenvalue weighted by molar-refractivity contribution is 5.87. The van der Waals surface area contributed by atoms with Crippen molar-refractivity contribution in [2.24, 2.45) is 13.0 Å². The van der Waals surface area contributed by atoms with Crippen molar-refractivity contribution in [2.75, 3.05) is 23.3 Å². The van der Waals surface area contributed by atoms with Gasteiger partial charge in [0.05, 0.1) is 29.6 Å². The maximum Gasteiger partial charge on any atom is 0.226 e. The molecule has 37 heavy (non-hydrogen) atoms. The van der Waals surface area contributed by atoms with Crippen molar-refractivity contribution in [3.05, 3.63) is 60.8 Å². The molecule has 0 spiro atoms. The zero-order chi connectivity index (χ0) is 25.4. The number of nitrogens with zero attached hydrogens (tertiary/aromatic N) is 8. The monoisotopic (exact) mass is 491 g/mol. The first-order valence-electron chi connectivity index (χ1n) is 12.1. The number of hydrogen-bond acceptors (Lipinski definition) is 9. The lowest BCUT2D eigenvalue weighted by Gasteiger charge is -2.17. The molecule has 1 aliphatic rings. The van der Waals surface area contributed by atoms with Crippen molar-refractivity contribution < 1.29 is 4.74 Å². The second kappa shape index (κ2) is 9.35. The first-order chi connectivity index (χ1) is 18.1. The molecule has 4 heterocycles. The third kappa shape index (κ3) is 4.47. The number of benzene rings is 2. The third-order valence-electron chi connectivity index (χ3n) is 6.68. The molecule has 6 rings (SSSR count). The smallest absolute Gasteiger partial charge is 0.226 e. The molecule has 1 unspecified atom stereocenters. The van der Waals surface area contributed by atoms with E-state index in [1.165, 1.54) is 6.33 Å². The zero-order valence-electron chi connectivity index (χ0n) is 20.6. The summed E-state index contributed by atoms with van der Waals surface area (Å²) in [5, 5.41) is 12.4. The van der Waals surface area contributed by atoms with Crippen LogP contribution in [0.4, 0.5) is 17.5 Å². The van der Waals surface area contributed by atoms with Gasteiger partial charge in [0.15, 0.2) is 5.82 Å². The molecule has 0 radical (unpaired) electrons. The van der Waals surface area contributed by atoms with Gasteiger partial charge in [-0.1, -0.05) is 0 Å². The number of imidazole rings is 1. The van der Waals surface area contributed by atoms with E-state index in [0.29, 0.717) is 35.1 Å². The Morgan fingerprint density at radius 1 is 1.11 bits per heavy atom. The molecule has 0 amide bonds. The molecule has 5 aromatic rings. The molecule has 184 valence electrons. The summed E-state index contributed by atoms with van der Waals surface area (Å²) in [6.07, 6.45) is 6.54. The average Bonchev–Trinajstić information content (AvgIpc) is 3.52. The number of hydrogen-bond donors (Lipinski definition) is 1. The number of nitrogens with one attached hydrogen (secondary N) is 1. The van der Waals surface area contributed by atoms with Crippen LogP contribution in [-0.4, -0.2) is 42.6 Å². The first-order valence-corrected chi connectivity index (χ1v) is 12.1. The standard InChI is InChI=1S/C27H25N9O/c1-17-11-19(3-6-24(17)37-20-4-5-23-21(12-20)32-16-35(23)2)33-26-25-22(30-15-31-26)13-29-27(34-25)36-10-8-18(14-36)7-9-28/h3-6,11-13,15-16,18H,7-8,10,14H2,1-2H3,(H,30,31,33). The van der Waals surface area contributed by atoms with E-state index >= 15 is 0 Å². The molecule has 1 fully saturated rings. The van der Waals surface area contributed by atoms with E-state index in [1.54, 1.807) is 12.5 Å². The van der Waals surface area contributed by atoms with Crippen LogP contribution in [0, 0.1) is 24.2 Å². The Bertz CT molecular complexity index is 1660. The van der Waals surface area contributed by atoms with Crippen molar-refractivity contribution in [3.63, 3.8) is 0 Å². The molecule has 1 atom stereocenters. The van der Waals surface area contributed by atoms with Crippen LogP contribution in [0.2, 0.25) is 0 Å². The van der Waals surface area contributed by atoms with Crippen LogP contribution in [0.15, 0.2) is 55.2 Å². The largest absolute Gasteiger partial charge is 0.457 e. The van der Waals surface area contributed by atoms with Crippen LogP contribution in [0.25, 0.3) is 22.1 Å². The van der Waals surface area contributed by atoms with E-state index in [4.69, 9.17) is 15.0 Å². The van der Waals surface area contributed by atoms with Gasteiger partial charge >= 0.3 is 0 Å². The SMILES string of the molecule is Cc1cc(Nc2ncnc3cnc(N4CCC(CC#N)C4)nc23)ccc1Oc1ccc2c(c1)ncn2C. The Labute approximate surface area is 213 Å². The van der Waals surface area contributed by atoms with Crippen molar-refractivity contribution >= 4 is 39.5 Å². The van der Waals surface area contributed by atoms with Gasteiger partial charge in [-0.05, 0) is 55.2 Å². The fraction of sp³-hybridized carbons (Fsp3) is 0.259. The molecule has 1 N–H and O–H groups in total. The van der Waals surface area contributed by atoms with Gasteiger partial charge in [-0.2, -0.15) is 5.26 Å². The summed E-state index contributed by atoms with van der Waals surface area (Å²) in [6.45, 7) is 3.62. The molecule has 1 saturated heterocycles.